The zero-order valence-corrected chi connectivity index (χ0v) is 11.7. The maximum Gasteiger partial charge on any atom is 0.292 e. The van der Waals surface area contributed by atoms with E-state index >= 15 is 0 Å². The fourth-order valence-electron chi connectivity index (χ4n) is 2.73. The van der Waals surface area contributed by atoms with Crippen molar-refractivity contribution in [3.63, 3.8) is 0 Å². The van der Waals surface area contributed by atoms with Crippen molar-refractivity contribution in [3.8, 4) is 0 Å². The van der Waals surface area contributed by atoms with Gasteiger partial charge in [0.25, 0.3) is 11.6 Å². The average Bonchev–Trinajstić information content (AvgIpc) is 2.92. The highest BCUT2D eigenvalue weighted by molar-refractivity contribution is 5.96. The molecule has 1 aromatic carbocycles. The molecule has 1 aliphatic heterocycles. The molecule has 1 amide bonds. The Morgan fingerprint density at radius 3 is 2.95 bits per heavy atom. The number of nitro groups is 1. The van der Waals surface area contributed by atoms with Gasteiger partial charge in [0, 0.05) is 30.8 Å². The van der Waals surface area contributed by atoms with Crippen LogP contribution in [0.25, 0.3) is 0 Å². The van der Waals surface area contributed by atoms with Crippen LogP contribution in [0.2, 0.25) is 0 Å². The maximum absolute atomic E-state index is 12.5. The van der Waals surface area contributed by atoms with Crippen molar-refractivity contribution in [2.24, 2.45) is 0 Å². The third kappa shape index (κ3) is 3.30. The van der Waals surface area contributed by atoms with E-state index in [1.807, 2.05) is 0 Å². The second-order valence-electron chi connectivity index (χ2n) is 5.19. The van der Waals surface area contributed by atoms with Crippen LogP contribution < -0.4 is 5.73 Å². The van der Waals surface area contributed by atoms with Gasteiger partial charge in [-0.15, -0.1) is 0 Å². The quantitative estimate of drug-likeness (QED) is 0.486. The Morgan fingerprint density at radius 1 is 1.52 bits per heavy atom. The number of nitrogens with zero attached hydrogens (tertiary/aromatic N) is 2. The van der Waals surface area contributed by atoms with Crippen molar-refractivity contribution >= 4 is 17.3 Å². The Hall–Kier alpha value is -2.15. The molecule has 1 fully saturated rings. The predicted molar refractivity (Wildman–Crippen MR) is 77.9 cm³/mol. The topological polar surface area (TPSA) is 110 Å². The van der Waals surface area contributed by atoms with Crippen molar-refractivity contribution < 1.29 is 14.8 Å². The van der Waals surface area contributed by atoms with Gasteiger partial charge in [0.2, 0.25) is 0 Å². The minimum Gasteiger partial charge on any atom is -0.396 e. The summed E-state index contributed by atoms with van der Waals surface area (Å²) in [5.41, 5.74) is 5.63. The Balaban J connectivity index is 2.19. The molecule has 1 aliphatic rings. The molecule has 1 atom stereocenters. The van der Waals surface area contributed by atoms with Gasteiger partial charge in [-0.05, 0) is 37.8 Å². The normalized spacial score (nSPS) is 18.0. The number of hydrogen-bond donors (Lipinski definition) is 2. The Labute approximate surface area is 122 Å². The Kier molecular flexibility index (Phi) is 4.74. The maximum atomic E-state index is 12.5. The highest BCUT2D eigenvalue weighted by atomic mass is 16.6. The number of aliphatic hydroxyl groups is 1. The molecule has 1 saturated heterocycles. The first kappa shape index (κ1) is 15.2. The molecule has 0 aromatic heterocycles. The number of nitrogens with two attached hydrogens (primary N) is 1. The largest absolute Gasteiger partial charge is 0.396 e. The molecule has 2 rings (SSSR count). The first-order valence-electron chi connectivity index (χ1n) is 7.00. The lowest BCUT2D eigenvalue weighted by Gasteiger charge is -2.24. The van der Waals surface area contributed by atoms with Gasteiger partial charge in [0.15, 0.2) is 0 Å². The van der Waals surface area contributed by atoms with E-state index in [0.29, 0.717) is 13.0 Å². The van der Waals surface area contributed by atoms with Gasteiger partial charge >= 0.3 is 0 Å². The summed E-state index contributed by atoms with van der Waals surface area (Å²) < 4.78 is 0. The van der Waals surface area contributed by atoms with E-state index in [-0.39, 0.29) is 35.5 Å². The molecule has 21 heavy (non-hydrogen) atoms. The zero-order chi connectivity index (χ0) is 15.4. The lowest BCUT2D eigenvalue weighted by molar-refractivity contribution is -0.383. The van der Waals surface area contributed by atoms with Crippen molar-refractivity contribution in [2.75, 3.05) is 18.9 Å². The first-order valence-corrected chi connectivity index (χ1v) is 7.00. The SMILES string of the molecule is Nc1ccc(C(=O)N2CCCC2CCCO)cc1[N+](=O)[O-]. The molecule has 1 heterocycles. The molecule has 0 aliphatic carbocycles. The number of rotatable bonds is 5. The first-order chi connectivity index (χ1) is 10.0. The van der Waals surface area contributed by atoms with E-state index in [1.165, 1.54) is 18.2 Å². The number of anilines is 1. The zero-order valence-electron chi connectivity index (χ0n) is 11.7. The molecule has 0 spiro atoms. The number of carbonyl (C=O) groups is 1. The smallest absolute Gasteiger partial charge is 0.292 e. The molecule has 1 unspecified atom stereocenters. The number of benzene rings is 1. The molecule has 7 heteroatoms. The van der Waals surface area contributed by atoms with Crippen LogP contribution >= 0.6 is 0 Å². The summed E-state index contributed by atoms with van der Waals surface area (Å²) in [5, 5.41) is 19.8. The number of nitrogen functional groups attached to an aromatic ring is 1. The van der Waals surface area contributed by atoms with Gasteiger partial charge in [-0.3, -0.25) is 14.9 Å². The van der Waals surface area contributed by atoms with Gasteiger partial charge in [-0.25, -0.2) is 0 Å². The average molecular weight is 293 g/mol. The molecular formula is C14H19N3O4. The summed E-state index contributed by atoms with van der Waals surface area (Å²) >= 11 is 0. The van der Waals surface area contributed by atoms with Crippen LogP contribution in [0.15, 0.2) is 18.2 Å². The van der Waals surface area contributed by atoms with E-state index in [9.17, 15) is 14.9 Å². The molecule has 7 nitrogen and oxygen atoms in total. The predicted octanol–water partition coefficient (Wildman–Crippen LogP) is 1.55. The van der Waals surface area contributed by atoms with Crippen LogP contribution in [0.3, 0.4) is 0 Å². The fraction of sp³-hybridized carbons (Fsp3) is 0.500. The van der Waals surface area contributed by atoms with Crippen molar-refractivity contribution in [2.45, 2.75) is 31.7 Å². The van der Waals surface area contributed by atoms with Gasteiger partial charge in [0.05, 0.1) is 4.92 Å². The summed E-state index contributed by atoms with van der Waals surface area (Å²) in [6.07, 6.45) is 3.22. The molecule has 0 saturated carbocycles. The molecule has 3 N–H and O–H groups in total. The van der Waals surface area contributed by atoms with Gasteiger partial charge in [-0.1, -0.05) is 0 Å². The monoisotopic (exact) mass is 293 g/mol. The van der Waals surface area contributed by atoms with Crippen LogP contribution in [0, 0.1) is 10.1 Å². The highest BCUT2D eigenvalue weighted by Crippen LogP contribution is 2.27. The van der Waals surface area contributed by atoms with Crippen LogP contribution in [0.5, 0.6) is 0 Å². The number of likely N-dealkylation sites (tertiary alicyclic amines) is 1. The minimum absolute atomic E-state index is 0.0507. The molecule has 0 bridgehead atoms. The molecule has 0 radical (unpaired) electrons. The fourth-order valence-corrected chi connectivity index (χ4v) is 2.73. The summed E-state index contributed by atoms with van der Waals surface area (Å²) in [6, 6.07) is 4.25. The van der Waals surface area contributed by atoms with Crippen molar-refractivity contribution in [1.29, 1.82) is 0 Å². The number of carbonyl (C=O) groups excluding carboxylic acids is 1. The van der Waals surface area contributed by atoms with Crippen LogP contribution in [0.1, 0.15) is 36.0 Å². The van der Waals surface area contributed by atoms with Gasteiger partial charge in [-0.2, -0.15) is 0 Å². The second-order valence-corrected chi connectivity index (χ2v) is 5.19. The number of amides is 1. The van der Waals surface area contributed by atoms with Crippen LogP contribution in [-0.2, 0) is 0 Å². The Morgan fingerprint density at radius 2 is 2.29 bits per heavy atom. The number of hydrogen-bond acceptors (Lipinski definition) is 5. The lowest BCUT2D eigenvalue weighted by atomic mass is 10.1. The molecule has 1 aromatic rings. The second kappa shape index (κ2) is 6.53. The van der Waals surface area contributed by atoms with E-state index in [4.69, 9.17) is 10.8 Å². The third-order valence-electron chi connectivity index (χ3n) is 3.81. The van der Waals surface area contributed by atoms with E-state index in [2.05, 4.69) is 0 Å². The van der Waals surface area contributed by atoms with E-state index in [0.717, 1.165) is 19.3 Å². The Bertz CT molecular complexity index is 547. The van der Waals surface area contributed by atoms with Gasteiger partial charge < -0.3 is 15.7 Å². The van der Waals surface area contributed by atoms with Crippen molar-refractivity contribution in [1.82, 2.24) is 4.90 Å². The molecule has 114 valence electrons. The summed E-state index contributed by atoms with van der Waals surface area (Å²) in [4.78, 5) is 24.6. The minimum atomic E-state index is -0.584. The standard InChI is InChI=1S/C14H19N3O4/c15-12-6-5-10(9-13(12)17(20)21)14(19)16-7-1-3-11(16)4-2-8-18/h5-6,9,11,18H,1-4,7-8,15H2. The number of aliphatic hydroxyl groups excluding tert-OH is 1. The van der Waals surface area contributed by atoms with Crippen LogP contribution in [-0.4, -0.2) is 40.0 Å². The van der Waals surface area contributed by atoms with Crippen molar-refractivity contribution in [3.05, 3.63) is 33.9 Å². The highest BCUT2D eigenvalue weighted by Gasteiger charge is 2.29. The van der Waals surface area contributed by atoms with Crippen LogP contribution in [0.4, 0.5) is 11.4 Å². The summed E-state index contributed by atoms with van der Waals surface area (Å²) in [5.74, 6) is -0.210. The summed E-state index contributed by atoms with van der Waals surface area (Å²) in [6.45, 7) is 0.749. The third-order valence-corrected chi connectivity index (χ3v) is 3.81. The van der Waals surface area contributed by atoms with E-state index < -0.39 is 4.92 Å². The molecular weight excluding hydrogens is 274 g/mol. The lowest BCUT2D eigenvalue weighted by Crippen LogP contribution is -2.35. The number of nitro benzene ring substituents is 1. The van der Waals surface area contributed by atoms with E-state index in [1.54, 1.807) is 4.90 Å². The summed E-state index contributed by atoms with van der Waals surface area (Å²) in [7, 11) is 0. The van der Waals surface area contributed by atoms with Gasteiger partial charge in [0.1, 0.15) is 5.69 Å².